The third-order valence-corrected chi connectivity index (χ3v) is 3.15. The number of aromatic nitrogens is 3. The van der Waals surface area contributed by atoms with Crippen LogP contribution in [0.25, 0.3) is 11.3 Å². The lowest BCUT2D eigenvalue weighted by Crippen LogP contribution is -2.23. The van der Waals surface area contributed by atoms with Crippen molar-refractivity contribution in [2.45, 2.75) is 19.8 Å². The van der Waals surface area contributed by atoms with Crippen molar-refractivity contribution in [3.05, 3.63) is 27.5 Å². The Kier molecular flexibility index (Phi) is 2.97. The monoisotopic (exact) mass is 250 g/mol. The van der Waals surface area contributed by atoms with Gasteiger partial charge in [0.2, 0.25) is 0 Å². The van der Waals surface area contributed by atoms with E-state index in [9.17, 15) is 4.79 Å². The molecule has 2 N–H and O–H groups in total. The fraction of sp³-hybridized carbons (Fsp3) is 0.364. The molecule has 0 spiro atoms. The van der Waals surface area contributed by atoms with Gasteiger partial charge in [0.15, 0.2) is 5.13 Å². The lowest BCUT2D eigenvalue weighted by molar-refractivity contribution is 0.655. The Hall–Kier alpha value is -1.69. The summed E-state index contributed by atoms with van der Waals surface area (Å²) in [5, 5.41) is 6.46. The van der Waals surface area contributed by atoms with E-state index < -0.39 is 0 Å². The number of aryl methyl sites for hydroxylation is 1. The molecule has 0 unspecified atom stereocenters. The average molecular weight is 250 g/mol. The third-order valence-electron chi connectivity index (χ3n) is 2.47. The van der Waals surface area contributed by atoms with Crippen molar-refractivity contribution in [1.82, 2.24) is 14.8 Å². The molecule has 90 valence electrons. The van der Waals surface area contributed by atoms with Crippen molar-refractivity contribution in [1.29, 1.82) is 0 Å². The van der Waals surface area contributed by atoms with Crippen LogP contribution < -0.4 is 11.3 Å². The summed E-state index contributed by atoms with van der Waals surface area (Å²) in [6, 6.07) is 1.79. The molecule has 0 aromatic carbocycles. The van der Waals surface area contributed by atoms with Crippen molar-refractivity contribution < 1.29 is 0 Å². The van der Waals surface area contributed by atoms with Crippen molar-refractivity contribution in [2.24, 2.45) is 7.05 Å². The van der Waals surface area contributed by atoms with E-state index in [4.69, 9.17) is 5.73 Å². The van der Waals surface area contributed by atoms with Crippen LogP contribution in [-0.4, -0.2) is 14.8 Å². The molecule has 6 heteroatoms. The SMILES string of the molecule is CC(C)c1cc(-c2csc(N)n2)c(=O)n(C)n1. The maximum Gasteiger partial charge on any atom is 0.275 e. The summed E-state index contributed by atoms with van der Waals surface area (Å²) in [6.45, 7) is 4.07. The first-order chi connectivity index (χ1) is 7.99. The van der Waals surface area contributed by atoms with Crippen LogP contribution in [0, 0.1) is 0 Å². The molecule has 0 aliphatic rings. The van der Waals surface area contributed by atoms with Crippen LogP contribution in [0.3, 0.4) is 0 Å². The Morgan fingerprint density at radius 1 is 1.47 bits per heavy atom. The van der Waals surface area contributed by atoms with Crippen molar-refractivity contribution in [3.8, 4) is 11.3 Å². The summed E-state index contributed by atoms with van der Waals surface area (Å²) in [7, 11) is 1.65. The fourth-order valence-electron chi connectivity index (χ4n) is 1.51. The Morgan fingerprint density at radius 3 is 2.71 bits per heavy atom. The highest BCUT2D eigenvalue weighted by Gasteiger charge is 2.12. The second-order valence-electron chi connectivity index (χ2n) is 4.14. The summed E-state index contributed by atoms with van der Waals surface area (Å²) in [5.74, 6) is 0.261. The Labute approximate surface area is 103 Å². The van der Waals surface area contributed by atoms with E-state index in [0.29, 0.717) is 16.4 Å². The second kappa shape index (κ2) is 4.29. The van der Waals surface area contributed by atoms with Gasteiger partial charge in [0, 0.05) is 12.4 Å². The molecule has 0 bridgehead atoms. The molecule has 2 aromatic heterocycles. The summed E-state index contributed by atoms with van der Waals surface area (Å²) >= 11 is 1.33. The van der Waals surface area contributed by atoms with Gasteiger partial charge in [0.05, 0.1) is 17.0 Å². The van der Waals surface area contributed by atoms with E-state index in [1.165, 1.54) is 16.0 Å². The van der Waals surface area contributed by atoms with Gasteiger partial charge in [-0.1, -0.05) is 13.8 Å². The topological polar surface area (TPSA) is 73.8 Å². The minimum atomic E-state index is -0.153. The number of hydrogen-bond donors (Lipinski definition) is 1. The molecule has 17 heavy (non-hydrogen) atoms. The third kappa shape index (κ3) is 2.21. The van der Waals surface area contributed by atoms with Gasteiger partial charge in [0.1, 0.15) is 0 Å². The normalized spacial score (nSPS) is 11.1. The summed E-state index contributed by atoms with van der Waals surface area (Å²) in [6.07, 6.45) is 0. The molecule has 2 aromatic rings. The lowest BCUT2D eigenvalue weighted by atomic mass is 10.1. The highest BCUT2D eigenvalue weighted by Crippen LogP contribution is 2.22. The number of nitrogen functional groups attached to an aromatic ring is 1. The summed E-state index contributed by atoms with van der Waals surface area (Å²) in [4.78, 5) is 16.1. The number of thiazole rings is 1. The standard InChI is InChI=1S/C11H14N4OS/c1-6(2)8-4-7(10(16)15(3)14-8)9-5-17-11(12)13-9/h4-6H,1-3H3,(H2,12,13). The van der Waals surface area contributed by atoms with Crippen molar-refractivity contribution in [2.75, 3.05) is 5.73 Å². The summed E-state index contributed by atoms with van der Waals surface area (Å²) in [5.41, 5.74) is 7.48. The molecule has 0 amide bonds. The smallest absolute Gasteiger partial charge is 0.275 e. The van der Waals surface area contributed by atoms with Gasteiger partial charge in [-0.15, -0.1) is 11.3 Å². The quantitative estimate of drug-likeness (QED) is 0.878. The number of nitrogens with two attached hydrogens (primary N) is 1. The Bertz CT molecular complexity index is 600. The van der Waals surface area contributed by atoms with Gasteiger partial charge in [-0.25, -0.2) is 9.67 Å². The van der Waals surface area contributed by atoms with Crippen LogP contribution in [0.2, 0.25) is 0 Å². The molecule has 0 aliphatic heterocycles. The van der Waals surface area contributed by atoms with Crippen molar-refractivity contribution >= 4 is 16.5 Å². The van der Waals surface area contributed by atoms with Crippen LogP contribution in [0.5, 0.6) is 0 Å². The minimum absolute atomic E-state index is 0.153. The Morgan fingerprint density at radius 2 is 2.18 bits per heavy atom. The van der Waals surface area contributed by atoms with Gasteiger partial charge in [0.25, 0.3) is 5.56 Å². The van der Waals surface area contributed by atoms with E-state index in [1.807, 2.05) is 13.8 Å². The van der Waals surface area contributed by atoms with Crippen LogP contribution in [-0.2, 0) is 7.05 Å². The van der Waals surface area contributed by atoms with Crippen molar-refractivity contribution in [3.63, 3.8) is 0 Å². The largest absolute Gasteiger partial charge is 0.375 e. The molecule has 0 atom stereocenters. The zero-order chi connectivity index (χ0) is 12.6. The average Bonchev–Trinajstić information content (AvgIpc) is 2.68. The van der Waals surface area contributed by atoms with Gasteiger partial charge < -0.3 is 5.73 Å². The van der Waals surface area contributed by atoms with Crippen LogP contribution in [0.1, 0.15) is 25.5 Å². The first kappa shape index (κ1) is 11.8. The molecule has 0 aliphatic carbocycles. The summed E-state index contributed by atoms with van der Waals surface area (Å²) < 4.78 is 1.35. The predicted octanol–water partition coefficient (Wildman–Crippen LogP) is 1.61. The van der Waals surface area contributed by atoms with Gasteiger partial charge in [-0.2, -0.15) is 5.10 Å². The van der Waals surface area contributed by atoms with E-state index in [0.717, 1.165) is 5.69 Å². The zero-order valence-electron chi connectivity index (χ0n) is 9.97. The van der Waals surface area contributed by atoms with E-state index in [2.05, 4.69) is 10.1 Å². The molecular weight excluding hydrogens is 236 g/mol. The number of anilines is 1. The van der Waals surface area contributed by atoms with Crippen LogP contribution in [0.15, 0.2) is 16.2 Å². The number of nitrogens with zero attached hydrogens (tertiary/aromatic N) is 3. The molecule has 0 radical (unpaired) electrons. The predicted molar refractivity (Wildman–Crippen MR) is 69.1 cm³/mol. The van der Waals surface area contributed by atoms with Crippen LogP contribution in [0.4, 0.5) is 5.13 Å². The zero-order valence-corrected chi connectivity index (χ0v) is 10.8. The number of rotatable bonds is 2. The van der Waals surface area contributed by atoms with E-state index in [-0.39, 0.29) is 11.5 Å². The molecule has 0 saturated heterocycles. The molecule has 2 rings (SSSR count). The van der Waals surface area contributed by atoms with E-state index >= 15 is 0 Å². The maximum absolute atomic E-state index is 12.0. The molecule has 0 fully saturated rings. The Balaban J connectivity index is 2.64. The van der Waals surface area contributed by atoms with Crippen LogP contribution >= 0.6 is 11.3 Å². The van der Waals surface area contributed by atoms with Gasteiger partial charge in [-0.05, 0) is 12.0 Å². The highest BCUT2D eigenvalue weighted by atomic mass is 32.1. The maximum atomic E-state index is 12.0. The van der Waals surface area contributed by atoms with E-state index in [1.54, 1.807) is 18.5 Å². The lowest BCUT2D eigenvalue weighted by Gasteiger charge is -2.08. The molecule has 2 heterocycles. The van der Waals surface area contributed by atoms with Gasteiger partial charge >= 0.3 is 0 Å². The number of hydrogen-bond acceptors (Lipinski definition) is 5. The first-order valence-electron chi connectivity index (χ1n) is 5.28. The first-order valence-corrected chi connectivity index (χ1v) is 6.16. The van der Waals surface area contributed by atoms with Gasteiger partial charge in [-0.3, -0.25) is 4.79 Å². The second-order valence-corrected chi connectivity index (χ2v) is 5.03. The molecular formula is C11H14N4OS. The fourth-order valence-corrected chi connectivity index (χ4v) is 2.07. The molecule has 5 nitrogen and oxygen atoms in total. The molecule has 0 saturated carbocycles. The minimum Gasteiger partial charge on any atom is -0.375 e. The highest BCUT2D eigenvalue weighted by molar-refractivity contribution is 7.13.